The number of nitrogens with one attached hydrogen (secondary N) is 1. The molecule has 0 aromatic carbocycles. The molecule has 0 radical (unpaired) electrons. The Kier molecular flexibility index (Phi) is 3.80. The van der Waals surface area contributed by atoms with Gasteiger partial charge < -0.3 is 19.6 Å². The highest BCUT2D eigenvalue weighted by molar-refractivity contribution is 5.92. The molecule has 2 saturated heterocycles. The van der Waals surface area contributed by atoms with Crippen molar-refractivity contribution in [3.8, 4) is 0 Å². The van der Waals surface area contributed by atoms with E-state index < -0.39 is 0 Å². The fourth-order valence-corrected chi connectivity index (χ4v) is 3.51. The molecule has 3 heterocycles. The number of likely N-dealkylation sites (tertiary alicyclic amines) is 1. The highest BCUT2D eigenvalue weighted by Gasteiger charge is 2.34. The fourth-order valence-electron chi connectivity index (χ4n) is 3.51. The second kappa shape index (κ2) is 5.96. The molecule has 4 rings (SSSR count). The third-order valence-corrected chi connectivity index (χ3v) is 4.98. The van der Waals surface area contributed by atoms with E-state index in [4.69, 9.17) is 4.52 Å². The van der Waals surface area contributed by atoms with E-state index in [1.165, 1.54) is 0 Å². The maximum absolute atomic E-state index is 12.7. The Morgan fingerprint density at radius 3 is 2.96 bits per heavy atom. The molecule has 1 aromatic rings. The van der Waals surface area contributed by atoms with Crippen molar-refractivity contribution < 1.29 is 14.1 Å². The highest BCUT2D eigenvalue weighted by atomic mass is 16.5. The summed E-state index contributed by atoms with van der Waals surface area (Å²) in [6, 6.07) is 1.91. The second-order valence-electron chi connectivity index (χ2n) is 6.70. The van der Waals surface area contributed by atoms with Gasteiger partial charge in [0, 0.05) is 44.2 Å². The summed E-state index contributed by atoms with van der Waals surface area (Å²) < 4.78 is 5.29. The summed E-state index contributed by atoms with van der Waals surface area (Å²) in [5.74, 6) is 1.34. The highest BCUT2D eigenvalue weighted by Crippen LogP contribution is 2.40. The molecule has 2 amide bonds. The normalized spacial score (nSPS) is 25.7. The zero-order valence-corrected chi connectivity index (χ0v) is 13.2. The molecule has 0 spiro atoms. The molecule has 1 saturated carbocycles. The van der Waals surface area contributed by atoms with Gasteiger partial charge in [0.1, 0.15) is 5.76 Å². The number of carbonyl (C=O) groups excluding carboxylic acids is 2. The standard InChI is InChI=1S/C16H22N4O3/c21-15-9-17-5-7-20(15)12-2-1-6-19(10-12)16(22)13-8-14(23-18-13)11-3-4-11/h8,11-12,17H,1-7,9-10H2/t12-/m0/s1. The van der Waals surface area contributed by atoms with Crippen LogP contribution in [0.1, 0.15) is 47.8 Å². The van der Waals surface area contributed by atoms with Crippen molar-refractivity contribution in [3.63, 3.8) is 0 Å². The molecule has 7 heteroatoms. The summed E-state index contributed by atoms with van der Waals surface area (Å²) in [5, 5.41) is 7.04. The number of piperidine rings is 1. The summed E-state index contributed by atoms with van der Waals surface area (Å²) in [4.78, 5) is 28.5. The summed E-state index contributed by atoms with van der Waals surface area (Å²) in [6.45, 7) is 3.27. The predicted molar refractivity (Wildman–Crippen MR) is 82.0 cm³/mol. The van der Waals surface area contributed by atoms with Crippen LogP contribution < -0.4 is 5.32 Å². The van der Waals surface area contributed by atoms with E-state index in [0.29, 0.717) is 24.7 Å². The molecule has 7 nitrogen and oxygen atoms in total. The number of aromatic nitrogens is 1. The first-order valence-electron chi connectivity index (χ1n) is 8.48. The van der Waals surface area contributed by atoms with Gasteiger partial charge in [-0.1, -0.05) is 5.16 Å². The van der Waals surface area contributed by atoms with E-state index in [2.05, 4.69) is 10.5 Å². The van der Waals surface area contributed by atoms with Gasteiger partial charge in [0.2, 0.25) is 5.91 Å². The van der Waals surface area contributed by atoms with Crippen molar-refractivity contribution in [3.05, 3.63) is 17.5 Å². The van der Waals surface area contributed by atoms with Gasteiger partial charge in [0.15, 0.2) is 5.69 Å². The number of carbonyl (C=O) groups is 2. The van der Waals surface area contributed by atoms with Gasteiger partial charge in [-0.3, -0.25) is 9.59 Å². The van der Waals surface area contributed by atoms with Crippen molar-refractivity contribution in [1.29, 1.82) is 0 Å². The summed E-state index contributed by atoms with van der Waals surface area (Å²) in [5.41, 5.74) is 0.402. The Morgan fingerprint density at radius 1 is 1.30 bits per heavy atom. The van der Waals surface area contributed by atoms with E-state index in [1.54, 1.807) is 6.07 Å². The van der Waals surface area contributed by atoms with Gasteiger partial charge in [-0.2, -0.15) is 0 Å². The van der Waals surface area contributed by atoms with Crippen LogP contribution in [-0.2, 0) is 4.79 Å². The Morgan fingerprint density at radius 2 is 2.17 bits per heavy atom. The molecule has 1 aromatic heterocycles. The lowest BCUT2D eigenvalue weighted by atomic mass is 10.0. The van der Waals surface area contributed by atoms with E-state index in [1.807, 2.05) is 9.80 Å². The van der Waals surface area contributed by atoms with Crippen LogP contribution in [0.15, 0.2) is 10.6 Å². The minimum atomic E-state index is -0.0760. The maximum atomic E-state index is 12.7. The quantitative estimate of drug-likeness (QED) is 0.882. The molecule has 124 valence electrons. The van der Waals surface area contributed by atoms with E-state index in [-0.39, 0.29) is 17.9 Å². The minimum Gasteiger partial charge on any atom is -0.360 e. The van der Waals surface area contributed by atoms with Gasteiger partial charge >= 0.3 is 0 Å². The SMILES string of the molecule is O=C(c1cc(C2CC2)on1)N1CCC[C@H](N2CCNCC2=O)C1. The van der Waals surface area contributed by atoms with Gasteiger partial charge in [-0.05, 0) is 25.7 Å². The van der Waals surface area contributed by atoms with Crippen molar-refractivity contribution in [2.75, 3.05) is 32.7 Å². The molecule has 3 aliphatic rings. The number of hydrogen-bond donors (Lipinski definition) is 1. The molecular weight excluding hydrogens is 296 g/mol. The minimum absolute atomic E-state index is 0.0760. The van der Waals surface area contributed by atoms with Crippen LogP contribution in [0.25, 0.3) is 0 Å². The Bertz CT molecular complexity index is 610. The average molecular weight is 318 g/mol. The number of rotatable bonds is 3. The van der Waals surface area contributed by atoms with Crippen molar-refractivity contribution in [2.24, 2.45) is 0 Å². The van der Waals surface area contributed by atoms with Gasteiger partial charge in [0.05, 0.1) is 6.54 Å². The van der Waals surface area contributed by atoms with Crippen LogP contribution in [-0.4, -0.2) is 65.5 Å². The van der Waals surface area contributed by atoms with Crippen LogP contribution in [0.3, 0.4) is 0 Å². The molecule has 3 fully saturated rings. The van der Waals surface area contributed by atoms with Crippen molar-refractivity contribution in [1.82, 2.24) is 20.3 Å². The van der Waals surface area contributed by atoms with Gasteiger partial charge in [-0.25, -0.2) is 0 Å². The molecule has 1 atom stereocenters. The van der Waals surface area contributed by atoms with Crippen molar-refractivity contribution in [2.45, 2.75) is 37.6 Å². The van der Waals surface area contributed by atoms with E-state index >= 15 is 0 Å². The Balaban J connectivity index is 1.43. The lowest BCUT2D eigenvalue weighted by Crippen LogP contribution is -2.57. The zero-order chi connectivity index (χ0) is 15.8. The fraction of sp³-hybridized carbons (Fsp3) is 0.688. The van der Waals surface area contributed by atoms with Gasteiger partial charge in [0.25, 0.3) is 5.91 Å². The molecule has 0 unspecified atom stereocenters. The van der Waals surface area contributed by atoms with Crippen LogP contribution in [0.5, 0.6) is 0 Å². The third kappa shape index (κ3) is 2.97. The zero-order valence-electron chi connectivity index (χ0n) is 13.2. The summed E-state index contributed by atoms with van der Waals surface area (Å²) in [6.07, 6.45) is 4.13. The molecular formula is C16H22N4O3. The lowest BCUT2D eigenvalue weighted by Gasteiger charge is -2.40. The largest absolute Gasteiger partial charge is 0.360 e. The maximum Gasteiger partial charge on any atom is 0.276 e. The molecule has 1 aliphatic carbocycles. The lowest BCUT2D eigenvalue weighted by molar-refractivity contribution is -0.135. The Hall–Kier alpha value is -1.89. The summed E-state index contributed by atoms with van der Waals surface area (Å²) in [7, 11) is 0. The van der Waals surface area contributed by atoms with Crippen LogP contribution in [0, 0.1) is 0 Å². The average Bonchev–Trinajstić information content (AvgIpc) is 3.32. The number of piperazine rings is 1. The van der Waals surface area contributed by atoms with E-state index in [0.717, 1.165) is 51.1 Å². The predicted octanol–water partition coefficient (Wildman–Crippen LogP) is 0.588. The molecule has 23 heavy (non-hydrogen) atoms. The topological polar surface area (TPSA) is 78.7 Å². The molecule has 1 N–H and O–H groups in total. The monoisotopic (exact) mass is 318 g/mol. The number of hydrogen-bond acceptors (Lipinski definition) is 5. The molecule has 2 aliphatic heterocycles. The smallest absolute Gasteiger partial charge is 0.276 e. The third-order valence-electron chi connectivity index (χ3n) is 4.98. The second-order valence-corrected chi connectivity index (χ2v) is 6.70. The van der Waals surface area contributed by atoms with Crippen LogP contribution >= 0.6 is 0 Å². The first kappa shape index (κ1) is 14.7. The van der Waals surface area contributed by atoms with Crippen LogP contribution in [0.2, 0.25) is 0 Å². The summed E-state index contributed by atoms with van der Waals surface area (Å²) >= 11 is 0. The van der Waals surface area contributed by atoms with E-state index in [9.17, 15) is 9.59 Å². The first-order chi connectivity index (χ1) is 11.2. The first-order valence-corrected chi connectivity index (χ1v) is 8.48. The van der Waals surface area contributed by atoms with Gasteiger partial charge in [-0.15, -0.1) is 0 Å². The number of nitrogens with zero attached hydrogens (tertiary/aromatic N) is 3. The van der Waals surface area contributed by atoms with Crippen LogP contribution in [0.4, 0.5) is 0 Å². The Labute approximate surface area is 135 Å². The number of amides is 2. The van der Waals surface area contributed by atoms with Crippen molar-refractivity contribution >= 4 is 11.8 Å². The molecule has 0 bridgehead atoms.